The van der Waals surface area contributed by atoms with Gasteiger partial charge in [-0.2, -0.15) is 0 Å². The number of rotatable bonds is 1. The van der Waals surface area contributed by atoms with Gasteiger partial charge in [0.15, 0.2) is 5.96 Å². The molecule has 0 spiro atoms. The number of carbonyl (C=O) groups is 1. The van der Waals surface area contributed by atoms with Crippen LogP contribution >= 0.6 is 24.0 Å². The number of halogens is 1. The standard InChI is InChI=1S/C17H28N4O.HI/c22-16-7-3-4-10-21(16)13-8-11-20(12-9-13)17-18-14-5-1-2-6-15(14)19-17;/h13-15H,1-12H2,(H,18,19);1H. The molecular formula is C17H29IN4O. The topological polar surface area (TPSA) is 47.9 Å². The number of amides is 1. The highest BCUT2D eigenvalue weighted by molar-refractivity contribution is 14.0. The predicted molar refractivity (Wildman–Crippen MR) is 102 cm³/mol. The zero-order chi connectivity index (χ0) is 14.9. The van der Waals surface area contributed by atoms with E-state index in [-0.39, 0.29) is 24.0 Å². The first-order chi connectivity index (χ1) is 10.8. The molecule has 5 nitrogen and oxygen atoms in total. The number of hydrogen-bond donors (Lipinski definition) is 1. The van der Waals surface area contributed by atoms with Crippen LogP contribution < -0.4 is 5.32 Å². The van der Waals surface area contributed by atoms with Crippen molar-refractivity contribution in [1.29, 1.82) is 0 Å². The number of nitrogens with zero attached hydrogens (tertiary/aromatic N) is 3. The first kappa shape index (κ1) is 17.3. The lowest BCUT2D eigenvalue weighted by Crippen LogP contribution is -2.52. The molecule has 1 N–H and O–H groups in total. The molecule has 23 heavy (non-hydrogen) atoms. The average Bonchev–Trinajstić information content (AvgIpc) is 2.99. The lowest BCUT2D eigenvalue weighted by Gasteiger charge is -2.40. The minimum absolute atomic E-state index is 0. The quantitative estimate of drug-likeness (QED) is 0.648. The summed E-state index contributed by atoms with van der Waals surface area (Å²) in [4.78, 5) is 21.6. The molecule has 1 saturated carbocycles. The van der Waals surface area contributed by atoms with Crippen molar-refractivity contribution in [1.82, 2.24) is 15.1 Å². The van der Waals surface area contributed by atoms with Crippen LogP contribution in [0.15, 0.2) is 4.99 Å². The molecule has 0 bridgehead atoms. The van der Waals surface area contributed by atoms with Gasteiger partial charge in [-0.1, -0.05) is 12.8 Å². The number of hydrogen-bond acceptors (Lipinski definition) is 4. The van der Waals surface area contributed by atoms with E-state index in [2.05, 4.69) is 15.1 Å². The summed E-state index contributed by atoms with van der Waals surface area (Å²) >= 11 is 0. The molecule has 3 aliphatic heterocycles. The van der Waals surface area contributed by atoms with E-state index in [9.17, 15) is 4.79 Å². The maximum absolute atomic E-state index is 12.1. The van der Waals surface area contributed by atoms with Gasteiger partial charge in [0.25, 0.3) is 0 Å². The second-order valence-corrected chi connectivity index (χ2v) is 7.32. The molecule has 4 rings (SSSR count). The Bertz CT molecular complexity index is 462. The Morgan fingerprint density at radius 1 is 0.957 bits per heavy atom. The van der Waals surface area contributed by atoms with Gasteiger partial charge in [-0.15, -0.1) is 24.0 Å². The Morgan fingerprint density at radius 2 is 1.74 bits per heavy atom. The average molecular weight is 432 g/mol. The summed E-state index contributed by atoms with van der Waals surface area (Å²) in [7, 11) is 0. The highest BCUT2D eigenvalue weighted by Crippen LogP contribution is 2.27. The fourth-order valence-corrected chi connectivity index (χ4v) is 4.57. The fourth-order valence-electron chi connectivity index (χ4n) is 4.57. The minimum Gasteiger partial charge on any atom is -0.351 e. The normalized spacial score (nSPS) is 32.0. The van der Waals surface area contributed by atoms with Crippen molar-refractivity contribution in [2.75, 3.05) is 19.6 Å². The molecule has 0 aromatic carbocycles. The Labute approximate surface area is 156 Å². The Hall–Kier alpha value is -0.530. The molecule has 2 saturated heterocycles. The first-order valence-electron chi connectivity index (χ1n) is 9.20. The summed E-state index contributed by atoms with van der Waals surface area (Å²) in [5, 5.41) is 3.66. The highest BCUT2D eigenvalue weighted by atomic mass is 127. The van der Waals surface area contributed by atoms with Crippen molar-refractivity contribution in [3.05, 3.63) is 0 Å². The molecule has 1 aliphatic carbocycles. The van der Waals surface area contributed by atoms with Crippen LogP contribution in [-0.4, -0.2) is 59.4 Å². The SMILES string of the molecule is I.O=C1CCCCN1C1CCN(C2=NC3CCCCC3N2)CC1. The third-order valence-electron chi connectivity index (χ3n) is 5.90. The molecule has 0 aromatic heterocycles. The lowest BCUT2D eigenvalue weighted by atomic mass is 9.92. The maximum Gasteiger partial charge on any atom is 0.222 e. The summed E-state index contributed by atoms with van der Waals surface area (Å²) in [6, 6.07) is 1.57. The van der Waals surface area contributed by atoms with Gasteiger partial charge in [0.1, 0.15) is 0 Å². The van der Waals surface area contributed by atoms with Crippen LogP contribution in [-0.2, 0) is 4.79 Å². The van der Waals surface area contributed by atoms with Gasteiger partial charge in [-0.3, -0.25) is 4.79 Å². The van der Waals surface area contributed by atoms with Crippen molar-refractivity contribution in [2.45, 2.75) is 75.9 Å². The zero-order valence-corrected chi connectivity index (χ0v) is 16.2. The van der Waals surface area contributed by atoms with Crippen LogP contribution in [0.3, 0.4) is 0 Å². The van der Waals surface area contributed by atoms with Crippen LogP contribution in [0, 0.1) is 0 Å². The Balaban J connectivity index is 0.00000156. The van der Waals surface area contributed by atoms with Crippen molar-refractivity contribution >= 4 is 35.8 Å². The lowest BCUT2D eigenvalue weighted by molar-refractivity contribution is -0.136. The molecule has 6 heteroatoms. The molecule has 4 aliphatic rings. The number of carbonyl (C=O) groups excluding carboxylic acids is 1. The fraction of sp³-hybridized carbons (Fsp3) is 0.882. The van der Waals surface area contributed by atoms with E-state index in [1.807, 2.05) is 0 Å². The highest BCUT2D eigenvalue weighted by Gasteiger charge is 2.35. The molecule has 1 amide bonds. The molecule has 0 radical (unpaired) electrons. The van der Waals surface area contributed by atoms with Crippen molar-refractivity contribution in [3.63, 3.8) is 0 Å². The van der Waals surface area contributed by atoms with Crippen LogP contribution in [0.4, 0.5) is 0 Å². The van der Waals surface area contributed by atoms with E-state index < -0.39 is 0 Å². The van der Waals surface area contributed by atoms with Gasteiger partial charge in [0.05, 0.1) is 12.1 Å². The van der Waals surface area contributed by atoms with Crippen LogP contribution in [0.2, 0.25) is 0 Å². The molecule has 0 aromatic rings. The molecule has 3 fully saturated rings. The van der Waals surface area contributed by atoms with E-state index in [0.717, 1.165) is 51.3 Å². The molecule has 2 atom stereocenters. The smallest absolute Gasteiger partial charge is 0.222 e. The number of piperidine rings is 2. The summed E-state index contributed by atoms with van der Waals surface area (Å²) < 4.78 is 0. The van der Waals surface area contributed by atoms with Gasteiger partial charge < -0.3 is 15.1 Å². The minimum atomic E-state index is 0. The van der Waals surface area contributed by atoms with E-state index >= 15 is 0 Å². The molecule has 130 valence electrons. The second-order valence-electron chi connectivity index (χ2n) is 7.32. The van der Waals surface area contributed by atoms with Crippen LogP contribution in [0.1, 0.15) is 57.8 Å². The summed E-state index contributed by atoms with van der Waals surface area (Å²) in [5.41, 5.74) is 0. The van der Waals surface area contributed by atoms with Crippen LogP contribution in [0.25, 0.3) is 0 Å². The number of nitrogens with one attached hydrogen (secondary N) is 1. The van der Waals surface area contributed by atoms with Crippen molar-refractivity contribution in [3.8, 4) is 0 Å². The van der Waals surface area contributed by atoms with Gasteiger partial charge in [0, 0.05) is 32.1 Å². The molecule has 2 unspecified atom stereocenters. The monoisotopic (exact) mass is 432 g/mol. The van der Waals surface area contributed by atoms with E-state index in [1.54, 1.807) is 0 Å². The van der Waals surface area contributed by atoms with E-state index in [4.69, 9.17) is 4.99 Å². The Kier molecular flexibility index (Phi) is 5.69. The van der Waals surface area contributed by atoms with E-state index in [1.165, 1.54) is 32.1 Å². The number of guanidine groups is 1. The third-order valence-corrected chi connectivity index (χ3v) is 5.90. The maximum atomic E-state index is 12.1. The largest absolute Gasteiger partial charge is 0.351 e. The van der Waals surface area contributed by atoms with Crippen molar-refractivity contribution in [2.24, 2.45) is 4.99 Å². The predicted octanol–water partition coefficient (Wildman–Crippen LogP) is 2.35. The number of fused-ring (bicyclic) bond motifs is 1. The number of aliphatic imine (C=N–C) groups is 1. The van der Waals surface area contributed by atoms with E-state index in [0.29, 0.717) is 24.0 Å². The third kappa shape index (κ3) is 3.61. The zero-order valence-electron chi connectivity index (χ0n) is 13.9. The molecular weight excluding hydrogens is 403 g/mol. The summed E-state index contributed by atoms with van der Waals surface area (Å²) in [6.45, 7) is 3.06. The van der Waals surface area contributed by atoms with Crippen molar-refractivity contribution < 1.29 is 4.79 Å². The molecule has 3 heterocycles. The first-order valence-corrected chi connectivity index (χ1v) is 9.20. The van der Waals surface area contributed by atoms with Gasteiger partial charge in [-0.25, -0.2) is 4.99 Å². The van der Waals surface area contributed by atoms with Crippen LogP contribution in [0.5, 0.6) is 0 Å². The van der Waals surface area contributed by atoms with Gasteiger partial charge in [0.2, 0.25) is 5.91 Å². The second kappa shape index (κ2) is 7.57. The summed E-state index contributed by atoms with van der Waals surface area (Å²) in [5.74, 6) is 1.52. The summed E-state index contributed by atoms with van der Waals surface area (Å²) in [6.07, 6.45) is 10.4. The van der Waals surface area contributed by atoms with Gasteiger partial charge >= 0.3 is 0 Å². The number of likely N-dealkylation sites (tertiary alicyclic amines) is 2. The van der Waals surface area contributed by atoms with Gasteiger partial charge in [-0.05, 0) is 38.5 Å². The Morgan fingerprint density at radius 3 is 2.48 bits per heavy atom.